The molecule has 1 aromatic heterocycles. The summed E-state index contributed by atoms with van der Waals surface area (Å²) in [6.45, 7) is 2.78. The molecule has 0 aliphatic carbocycles. The second-order valence-corrected chi connectivity index (χ2v) is 6.80. The van der Waals surface area contributed by atoms with Gasteiger partial charge in [0, 0.05) is 18.7 Å². The maximum absolute atomic E-state index is 13.4. The highest BCUT2D eigenvalue weighted by molar-refractivity contribution is 6.31. The molecule has 0 spiro atoms. The second-order valence-electron chi connectivity index (χ2n) is 6.39. The predicted molar refractivity (Wildman–Crippen MR) is 102 cm³/mol. The monoisotopic (exact) mass is 401 g/mol. The zero-order valence-electron chi connectivity index (χ0n) is 15.1. The molecule has 144 valence electrons. The lowest BCUT2D eigenvalue weighted by atomic mass is 10.1. The van der Waals surface area contributed by atoms with Gasteiger partial charge in [-0.1, -0.05) is 28.9 Å². The number of carbonyl (C=O) groups excluding carboxylic acids is 1. The van der Waals surface area contributed by atoms with Crippen LogP contribution in [0.15, 0.2) is 47.0 Å². The second kappa shape index (κ2) is 7.59. The van der Waals surface area contributed by atoms with Crippen LogP contribution in [0.25, 0.3) is 11.4 Å². The molecule has 0 N–H and O–H groups in total. The Morgan fingerprint density at radius 2 is 2.14 bits per heavy atom. The minimum Gasteiger partial charge on any atom is -0.493 e. The molecule has 8 heteroatoms. The number of benzene rings is 2. The topological polar surface area (TPSA) is 68.5 Å². The highest BCUT2D eigenvalue weighted by Gasteiger charge is 2.35. The molecule has 3 aromatic rings. The zero-order valence-corrected chi connectivity index (χ0v) is 15.8. The highest BCUT2D eigenvalue weighted by atomic mass is 35.5. The summed E-state index contributed by atoms with van der Waals surface area (Å²) in [4.78, 5) is 18.5. The van der Waals surface area contributed by atoms with E-state index in [-0.39, 0.29) is 23.3 Å². The van der Waals surface area contributed by atoms with Gasteiger partial charge in [-0.15, -0.1) is 0 Å². The van der Waals surface area contributed by atoms with Crippen molar-refractivity contribution in [3.05, 3.63) is 59.2 Å². The van der Waals surface area contributed by atoms with Crippen LogP contribution in [-0.4, -0.2) is 29.2 Å². The van der Waals surface area contributed by atoms with Crippen molar-refractivity contribution in [3.63, 3.8) is 0 Å². The van der Waals surface area contributed by atoms with Gasteiger partial charge in [-0.05, 0) is 37.3 Å². The quantitative estimate of drug-likeness (QED) is 0.631. The Morgan fingerprint density at radius 1 is 1.32 bits per heavy atom. The van der Waals surface area contributed by atoms with Gasteiger partial charge < -0.3 is 14.2 Å². The lowest BCUT2D eigenvalue weighted by Gasteiger charge is -2.16. The molecule has 1 fully saturated rings. The van der Waals surface area contributed by atoms with E-state index in [0.29, 0.717) is 36.3 Å². The predicted octanol–water partition coefficient (Wildman–Crippen LogP) is 4.45. The van der Waals surface area contributed by atoms with E-state index in [4.69, 9.17) is 20.9 Å². The van der Waals surface area contributed by atoms with Crippen molar-refractivity contribution in [2.75, 3.05) is 18.1 Å². The minimum atomic E-state index is -0.525. The summed E-state index contributed by atoms with van der Waals surface area (Å²) < 4.78 is 24.4. The molecular weight excluding hydrogens is 385 g/mol. The first kappa shape index (κ1) is 18.4. The number of ether oxygens (including phenoxy) is 1. The molecule has 2 heterocycles. The summed E-state index contributed by atoms with van der Waals surface area (Å²) in [7, 11) is 0. The van der Waals surface area contributed by atoms with Gasteiger partial charge in [-0.3, -0.25) is 4.79 Å². The number of amides is 1. The number of para-hydroxylation sites is 1. The van der Waals surface area contributed by atoms with Crippen molar-refractivity contribution in [3.8, 4) is 17.1 Å². The maximum atomic E-state index is 13.4. The number of carbonyl (C=O) groups is 1. The van der Waals surface area contributed by atoms with E-state index >= 15 is 0 Å². The Balaban J connectivity index is 1.57. The number of halogens is 2. The van der Waals surface area contributed by atoms with Gasteiger partial charge in [0.2, 0.25) is 17.6 Å². The highest BCUT2D eigenvalue weighted by Crippen LogP contribution is 2.34. The fraction of sp³-hybridized carbons (Fsp3) is 0.250. The third-order valence-electron chi connectivity index (χ3n) is 4.56. The van der Waals surface area contributed by atoms with Crippen LogP contribution in [0.5, 0.6) is 5.75 Å². The van der Waals surface area contributed by atoms with Crippen LogP contribution in [0, 0.1) is 5.82 Å². The molecule has 0 bridgehead atoms. The van der Waals surface area contributed by atoms with Crippen LogP contribution in [-0.2, 0) is 4.79 Å². The number of rotatable bonds is 5. The maximum Gasteiger partial charge on any atom is 0.232 e. The number of hydrogen-bond acceptors (Lipinski definition) is 5. The van der Waals surface area contributed by atoms with E-state index in [0.717, 1.165) is 5.56 Å². The van der Waals surface area contributed by atoms with Crippen molar-refractivity contribution in [1.29, 1.82) is 0 Å². The Kier molecular flexibility index (Phi) is 5.00. The van der Waals surface area contributed by atoms with Crippen molar-refractivity contribution in [1.82, 2.24) is 10.1 Å². The first-order chi connectivity index (χ1) is 13.6. The van der Waals surface area contributed by atoms with Gasteiger partial charge in [-0.2, -0.15) is 4.98 Å². The average molecular weight is 402 g/mol. The molecule has 1 amide bonds. The van der Waals surface area contributed by atoms with Crippen molar-refractivity contribution in [2.45, 2.75) is 19.3 Å². The van der Waals surface area contributed by atoms with E-state index in [1.54, 1.807) is 4.90 Å². The first-order valence-electron chi connectivity index (χ1n) is 8.88. The van der Waals surface area contributed by atoms with Gasteiger partial charge in [0.15, 0.2) is 0 Å². The molecule has 28 heavy (non-hydrogen) atoms. The summed E-state index contributed by atoms with van der Waals surface area (Å²) in [5.41, 5.74) is 1.27. The third-order valence-corrected chi connectivity index (χ3v) is 4.85. The van der Waals surface area contributed by atoms with E-state index in [1.807, 2.05) is 31.2 Å². The van der Waals surface area contributed by atoms with E-state index in [2.05, 4.69) is 10.1 Å². The Morgan fingerprint density at radius 3 is 2.93 bits per heavy atom. The lowest BCUT2D eigenvalue weighted by molar-refractivity contribution is -0.117. The van der Waals surface area contributed by atoms with Crippen molar-refractivity contribution in [2.24, 2.45) is 0 Å². The largest absolute Gasteiger partial charge is 0.493 e. The van der Waals surface area contributed by atoms with Crippen molar-refractivity contribution < 1.29 is 18.4 Å². The smallest absolute Gasteiger partial charge is 0.232 e. The Bertz CT molecular complexity index is 1020. The Labute approximate surface area is 165 Å². The molecule has 6 nitrogen and oxygen atoms in total. The molecule has 1 atom stereocenters. The van der Waals surface area contributed by atoms with Gasteiger partial charge in [0.25, 0.3) is 0 Å². The van der Waals surface area contributed by atoms with Crippen LogP contribution >= 0.6 is 11.6 Å². The average Bonchev–Trinajstić information content (AvgIpc) is 3.32. The lowest BCUT2D eigenvalue weighted by Crippen LogP contribution is -2.24. The first-order valence-corrected chi connectivity index (χ1v) is 9.26. The zero-order chi connectivity index (χ0) is 19.7. The molecule has 1 saturated heterocycles. The van der Waals surface area contributed by atoms with Gasteiger partial charge in [0.1, 0.15) is 11.6 Å². The molecule has 1 aliphatic heterocycles. The molecule has 1 aliphatic rings. The fourth-order valence-corrected chi connectivity index (χ4v) is 3.39. The molecule has 0 saturated carbocycles. The van der Waals surface area contributed by atoms with Gasteiger partial charge in [-0.25, -0.2) is 4.39 Å². The van der Waals surface area contributed by atoms with Crippen molar-refractivity contribution >= 4 is 23.2 Å². The van der Waals surface area contributed by atoms with E-state index < -0.39 is 5.82 Å². The fourth-order valence-electron chi connectivity index (χ4n) is 3.22. The summed E-state index contributed by atoms with van der Waals surface area (Å²) >= 11 is 5.84. The number of nitrogens with zero attached hydrogens (tertiary/aromatic N) is 3. The summed E-state index contributed by atoms with van der Waals surface area (Å²) in [6, 6.07) is 11.6. The molecular formula is C20H17ClFN3O3. The molecule has 4 rings (SSSR count). The van der Waals surface area contributed by atoms with E-state index in [1.165, 1.54) is 18.2 Å². The normalized spacial score (nSPS) is 16.6. The van der Waals surface area contributed by atoms with Crippen LogP contribution in [0.1, 0.15) is 25.2 Å². The van der Waals surface area contributed by atoms with Gasteiger partial charge in [0.05, 0.1) is 23.1 Å². The third kappa shape index (κ3) is 3.45. The van der Waals surface area contributed by atoms with Crippen LogP contribution < -0.4 is 9.64 Å². The molecule has 0 radical (unpaired) electrons. The Hall–Kier alpha value is -2.93. The summed E-state index contributed by atoms with van der Waals surface area (Å²) in [5, 5.41) is 4.03. The molecule has 1 unspecified atom stereocenters. The number of aromatic nitrogens is 2. The SMILES string of the molecule is CCOc1ccccc1-c1noc(C2CC(=O)N(c3ccc(F)c(Cl)c3)C2)n1. The van der Waals surface area contributed by atoms with Crippen LogP contribution in [0.4, 0.5) is 10.1 Å². The molecule has 2 aromatic carbocycles. The van der Waals surface area contributed by atoms with Crippen LogP contribution in [0.3, 0.4) is 0 Å². The summed E-state index contributed by atoms with van der Waals surface area (Å²) in [5.74, 6) is 0.574. The summed E-state index contributed by atoms with van der Waals surface area (Å²) in [6.07, 6.45) is 0.226. The standard InChI is InChI=1S/C20H17ClFN3O3/c1-2-27-17-6-4-3-5-14(17)19-23-20(28-24-19)12-9-18(26)25(11-12)13-7-8-16(22)15(21)10-13/h3-8,10,12H,2,9,11H2,1H3. The van der Waals surface area contributed by atoms with E-state index in [9.17, 15) is 9.18 Å². The van der Waals surface area contributed by atoms with Gasteiger partial charge >= 0.3 is 0 Å². The number of hydrogen-bond donors (Lipinski definition) is 0. The van der Waals surface area contributed by atoms with Crippen LogP contribution in [0.2, 0.25) is 5.02 Å². The minimum absolute atomic E-state index is 0.0265. The number of anilines is 1.